The molecule has 0 unspecified atom stereocenters. The smallest absolute Gasteiger partial charge is 0.0637 e. The van der Waals surface area contributed by atoms with E-state index in [1.54, 1.807) is 0 Å². The van der Waals surface area contributed by atoms with Gasteiger partial charge in [-0.2, -0.15) is 0 Å². The Hall–Kier alpha value is -0.280. The number of aliphatic hydroxyl groups is 1. The fraction of sp³-hybridized carbons (Fsp3) is 1.00. The van der Waals surface area contributed by atoms with Crippen molar-refractivity contribution in [2.75, 3.05) is 46.1 Å². The van der Waals surface area contributed by atoms with E-state index >= 15 is 0 Å². The average Bonchev–Trinajstić information content (AvgIpc) is 3.31. The molecule has 4 saturated carbocycles. The number of rotatable bonds is 16. The topological polar surface area (TPSA) is 126 Å². The number of ether oxygens (including phenoxy) is 3. The largest absolute Gasteiger partial charge is 0.396 e. The lowest BCUT2D eigenvalue weighted by Gasteiger charge is -2.65. The second-order valence-corrected chi connectivity index (χ2v) is 14.3. The molecule has 7 heteroatoms. The lowest BCUT2D eigenvalue weighted by Crippen LogP contribution is -2.63. The molecule has 4 aliphatic rings. The summed E-state index contributed by atoms with van der Waals surface area (Å²) in [7, 11) is 0. The molecule has 4 aliphatic carbocycles. The summed E-state index contributed by atoms with van der Waals surface area (Å²) >= 11 is 0. The predicted octanol–water partition coefficient (Wildman–Crippen LogP) is 4.48. The summed E-state index contributed by atoms with van der Waals surface area (Å²) in [4.78, 5) is 0. The maximum Gasteiger partial charge on any atom is 0.0637 e. The van der Waals surface area contributed by atoms with Crippen LogP contribution >= 0.6 is 0 Å². The normalized spacial score (nSPS) is 41.8. The number of fused-ring (bicyclic) bond motifs is 5. The van der Waals surface area contributed by atoms with E-state index in [1.807, 2.05) is 0 Å². The average molecular weight is 566 g/mol. The minimum absolute atomic E-state index is 0.131. The van der Waals surface area contributed by atoms with Gasteiger partial charge in [-0.15, -0.1) is 0 Å². The lowest BCUT2D eigenvalue weighted by molar-refractivity contribution is -0.227. The van der Waals surface area contributed by atoms with Gasteiger partial charge in [0.15, 0.2) is 0 Å². The van der Waals surface area contributed by atoms with Crippen molar-refractivity contribution in [2.24, 2.45) is 63.5 Å². The molecule has 0 aliphatic heterocycles. The molecule has 11 atom stereocenters. The van der Waals surface area contributed by atoms with Crippen LogP contribution in [0.4, 0.5) is 0 Å². The molecule has 0 radical (unpaired) electrons. The van der Waals surface area contributed by atoms with Gasteiger partial charge < -0.3 is 36.5 Å². The number of hydrogen-bond acceptors (Lipinski definition) is 7. The zero-order valence-corrected chi connectivity index (χ0v) is 26.0. The first-order valence-corrected chi connectivity index (χ1v) is 16.9. The zero-order valence-electron chi connectivity index (χ0n) is 26.0. The minimum atomic E-state index is 0.131. The van der Waals surface area contributed by atoms with Crippen LogP contribution in [-0.4, -0.2) is 69.5 Å². The van der Waals surface area contributed by atoms with Gasteiger partial charge >= 0.3 is 0 Å². The number of aliphatic hydroxyl groups excluding tert-OH is 1. The van der Waals surface area contributed by atoms with Gasteiger partial charge in [-0.3, -0.25) is 0 Å². The van der Waals surface area contributed by atoms with Crippen molar-refractivity contribution >= 4 is 0 Å². The van der Waals surface area contributed by atoms with Crippen LogP contribution in [-0.2, 0) is 14.2 Å². The lowest BCUT2D eigenvalue weighted by atomic mass is 9.43. The van der Waals surface area contributed by atoms with Crippen molar-refractivity contribution in [1.82, 2.24) is 0 Å². The highest BCUT2D eigenvalue weighted by molar-refractivity contribution is 5.15. The van der Waals surface area contributed by atoms with Gasteiger partial charge in [-0.1, -0.05) is 20.8 Å². The molecule has 0 saturated heterocycles. The third-order valence-electron chi connectivity index (χ3n) is 12.3. The highest BCUT2D eigenvalue weighted by atomic mass is 16.5. The predicted molar refractivity (Wildman–Crippen MR) is 162 cm³/mol. The molecule has 0 aromatic rings. The Kier molecular flexibility index (Phi) is 12.2. The molecule has 7 N–H and O–H groups in total. The Morgan fingerprint density at radius 1 is 0.800 bits per heavy atom. The Labute approximate surface area is 245 Å². The third-order valence-corrected chi connectivity index (χ3v) is 12.3. The molecule has 4 rings (SSSR count). The summed E-state index contributed by atoms with van der Waals surface area (Å²) in [5, 5.41) is 9.58. The molecule has 0 heterocycles. The van der Waals surface area contributed by atoms with Crippen LogP contribution < -0.4 is 17.2 Å². The van der Waals surface area contributed by atoms with E-state index in [2.05, 4.69) is 20.8 Å². The van der Waals surface area contributed by atoms with Crippen molar-refractivity contribution in [3.8, 4) is 0 Å². The first-order valence-electron chi connectivity index (χ1n) is 16.9. The van der Waals surface area contributed by atoms with Gasteiger partial charge in [-0.05, 0) is 138 Å². The Morgan fingerprint density at radius 3 is 2.15 bits per heavy atom. The number of nitrogens with two attached hydrogens (primary N) is 3. The van der Waals surface area contributed by atoms with Crippen LogP contribution in [0, 0.1) is 46.3 Å². The summed E-state index contributed by atoms with van der Waals surface area (Å²) in [6.07, 6.45) is 14.0. The van der Waals surface area contributed by atoms with E-state index in [1.165, 1.54) is 19.3 Å². The summed E-state index contributed by atoms with van der Waals surface area (Å²) in [5.74, 6) is 3.60. The maximum atomic E-state index is 9.58. The zero-order chi connectivity index (χ0) is 28.8. The summed E-state index contributed by atoms with van der Waals surface area (Å²) in [6, 6.07) is 0. The molecule has 7 nitrogen and oxygen atoms in total. The van der Waals surface area contributed by atoms with E-state index in [0.29, 0.717) is 72.8 Å². The van der Waals surface area contributed by atoms with Crippen molar-refractivity contribution in [2.45, 2.75) is 116 Å². The van der Waals surface area contributed by atoms with E-state index in [4.69, 9.17) is 31.4 Å². The minimum Gasteiger partial charge on any atom is -0.396 e. The van der Waals surface area contributed by atoms with Crippen LogP contribution in [0.3, 0.4) is 0 Å². The van der Waals surface area contributed by atoms with Gasteiger partial charge in [0.25, 0.3) is 0 Å². The molecule has 0 bridgehead atoms. The fourth-order valence-electron chi connectivity index (χ4n) is 10.2. The first-order chi connectivity index (χ1) is 19.3. The summed E-state index contributed by atoms with van der Waals surface area (Å²) in [5.41, 5.74) is 18.0. The van der Waals surface area contributed by atoms with Gasteiger partial charge in [0.05, 0.1) is 18.3 Å². The van der Waals surface area contributed by atoms with Crippen molar-refractivity contribution in [3.05, 3.63) is 0 Å². The van der Waals surface area contributed by atoms with Gasteiger partial charge in [0, 0.05) is 31.8 Å². The third kappa shape index (κ3) is 6.61. The van der Waals surface area contributed by atoms with Crippen molar-refractivity contribution in [3.63, 3.8) is 0 Å². The van der Waals surface area contributed by atoms with Crippen molar-refractivity contribution in [1.29, 1.82) is 0 Å². The molecular weight excluding hydrogens is 502 g/mol. The molecule has 4 fully saturated rings. The molecule has 234 valence electrons. The summed E-state index contributed by atoms with van der Waals surface area (Å²) in [6.45, 7) is 12.2. The van der Waals surface area contributed by atoms with E-state index in [9.17, 15) is 5.11 Å². The Balaban J connectivity index is 1.64. The first kappa shape index (κ1) is 32.6. The highest BCUT2D eigenvalue weighted by Crippen LogP contribution is 2.69. The van der Waals surface area contributed by atoms with Gasteiger partial charge in [0.2, 0.25) is 0 Å². The molecule has 0 aromatic carbocycles. The second kappa shape index (κ2) is 14.9. The summed E-state index contributed by atoms with van der Waals surface area (Å²) < 4.78 is 20.1. The molecular formula is C33H63N3O4. The van der Waals surface area contributed by atoms with Crippen LogP contribution in [0.5, 0.6) is 0 Å². The van der Waals surface area contributed by atoms with Crippen LogP contribution in [0.2, 0.25) is 0 Å². The second-order valence-electron chi connectivity index (χ2n) is 14.3. The molecule has 0 amide bonds. The van der Waals surface area contributed by atoms with Crippen molar-refractivity contribution < 1.29 is 19.3 Å². The Morgan fingerprint density at radius 2 is 1.48 bits per heavy atom. The van der Waals surface area contributed by atoms with E-state index in [0.717, 1.165) is 77.6 Å². The fourth-order valence-corrected chi connectivity index (χ4v) is 10.2. The Bertz CT molecular complexity index is 757. The standard InChI is InChI=1S/C33H63N3O4/c1-23(8-4-16-37)26-9-10-27-31-28(22-30(33(26,27)3)40-19-7-15-36)32(2)12-11-25(38-17-5-13-34)20-24(32)21-29(31)39-18-6-14-35/h23-31,37H,4-22,34-36H2,1-3H3/t23-,24+,25-,26-,27+,28+,29-,30+,31+,32+,33-/m1/s1. The van der Waals surface area contributed by atoms with Gasteiger partial charge in [0.1, 0.15) is 0 Å². The SMILES string of the molecule is C[C@H](CCCO)[C@H]1CC[C@H]2[C@@H]3[C@H](OCCCN)C[C@@H]4C[C@H](OCCCN)CC[C@]4(C)[C@H]3C[C@H](OCCCN)[C@]12C. The maximum absolute atomic E-state index is 9.58. The quantitative estimate of drug-likeness (QED) is 0.203. The van der Waals surface area contributed by atoms with E-state index in [-0.39, 0.29) is 18.1 Å². The van der Waals surface area contributed by atoms with Crippen LogP contribution in [0.15, 0.2) is 0 Å². The molecule has 0 aromatic heterocycles. The molecule has 0 spiro atoms. The van der Waals surface area contributed by atoms with Crippen LogP contribution in [0.25, 0.3) is 0 Å². The molecule has 40 heavy (non-hydrogen) atoms. The van der Waals surface area contributed by atoms with Crippen LogP contribution in [0.1, 0.15) is 97.8 Å². The monoisotopic (exact) mass is 565 g/mol. The van der Waals surface area contributed by atoms with E-state index < -0.39 is 0 Å². The highest BCUT2D eigenvalue weighted by Gasteiger charge is 2.66. The van der Waals surface area contributed by atoms with Gasteiger partial charge in [-0.25, -0.2) is 0 Å². The number of hydrogen-bond donors (Lipinski definition) is 4.